The molecular formula is C14H19NO2. The van der Waals surface area contributed by atoms with Gasteiger partial charge < -0.3 is 5.11 Å². The SMILES string of the molecule is Cc1cc2c(nc1C)C(C(=O)O)C(C)(C)CC2. The highest BCUT2D eigenvalue weighted by Crippen LogP contribution is 2.44. The fourth-order valence-electron chi connectivity index (χ4n) is 2.65. The van der Waals surface area contributed by atoms with Gasteiger partial charge in [-0.1, -0.05) is 19.9 Å². The van der Waals surface area contributed by atoms with Crippen molar-refractivity contribution in [1.29, 1.82) is 0 Å². The van der Waals surface area contributed by atoms with Gasteiger partial charge in [-0.2, -0.15) is 0 Å². The van der Waals surface area contributed by atoms with Gasteiger partial charge in [0.2, 0.25) is 0 Å². The molecule has 1 unspecified atom stereocenters. The lowest BCUT2D eigenvalue weighted by Crippen LogP contribution is -2.34. The van der Waals surface area contributed by atoms with Crippen LogP contribution in [0, 0.1) is 19.3 Å². The average Bonchev–Trinajstić information content (AvgIpc) is 2.19. The maximum atomic E-state index is 11.5. The van der Waals surface area contributed by atoms with Gasteiger partial charge in [-0.05, 0) is 43.2 Å². The van der Waals surface area contributed by atoms with Crippen LogP contribution in [0.1, 0.15) is 48.7 Å². The molecule has 0 bridgehead atoms. The number of hydrogen-bond donors (Lipinski definition) is 1. The van der Waals surface area contributed by atoms with Crippen LogP contribution in [0.5, 0.6) is 0 Å². The van der Waals surface area contributed by atoms with Crippen LogP contribution < -0.4 is 0 Å². The Morgan fingerprint density at radius 3 is 2.71 bits per heavy atom. The molecule has 1 aromatic heterocycles. The van der Waals surface area contributed by atoms with Crippen molar-refractivity contribution < 1.29 is 9.90 Å². The lowest BCUT2D eigenvalue weighted by atomic mass is 9.68. The van der Waals surface area contributed by atoms with E-state index < -0.39 is 11.9 Å². The Balaban J connectivity index is 2.60. The predicted octanol–water partition coefficient (Wildman–Crippen LogP) is 2.84. The molecule has 1 atom stereocenters. The van der Waals surface area contributed by atoms with E-state index in [4.69, 9.17) is 0 Å². The molecule has 0 aromatic carbocycles. The monoisotopic (exact) mass is 233 g/mol. The van der Waals surface area contributed by atoms with E-state index in [1.165, 1.54) is 0 Å². The van der Waals surface area contributed by atoms with E-state index in [0.29, 0.717) is 0 Å². The number of aryl methyl sites for hydroxylation is 3. The Kier molecular flexibility index (Phi) is 2.72. The number of aromatic nitrogens is 1. The van der Waals surface area contributed by atoms with E-state index in [2.05, 4.69) is 11.1 Å². The van der Waals surface area contributed by atoms with Gasteiger partial charge in [-0.25, -0.2) is 0 Å². The van der Waals surface area contributed by atoms with Crippen molar-refractivity contribution in [2.45, 2.75) is 46.5 Å². The van der Waals surface area contributed by atoms with E-state index in [1.807, 2.05) is 27.7 Å². The van der Waals surface area contributed by atoms with Crippen molar-refractivity contribution in [2.75, 3.05) is 0 Å². The quantitative estimate of drug-likeness (QED) is 0.811. The van der Waals surface area contributed by atoms with E-state index in [0.717, 1.165) is 35.4 Å². The summed E-state index contributed by atoms with van der Waals surface area (Å²) in [7, 11) is 0. The first-order chi connectivity index (χ1) is 7.83. The molecule has 1 heterocycles. The summed E-state index contributed by atoms with van der Waals surface area (Å²) in [6.45, 7) is 8.01. The molecule has 0 aliphatic heterocycles. The molecule has 3 nitrogen and oxygen atoms in total. The van der Waals surface area contributed by atoms with Crippen LogP contribution in [0.25, 0.3) is 0 Å². The maximum absolute atomic E-state index is 11.5. The highest BCUT2D eigenvalue weighted by Gasteiger charge is 2.42. The van der Waals surface area contributed by atoms with Crippen molar-refractivity contribution in [3.8, 4) is 0 Å². The van der Waals surface area contributed by atoms with Crippen LogP contribution in [0.4, 0.5) is 0 Å². The van der Waals surface area contributed by atoms with Gasteiger partial charge in [0.15, 0.2) is 0 Å². The number of rotatable bonds is 1. The largest absolute Gasteiger partial charge is 0.481 e. The molecule has 0 saturated heterocycles. The highest BCUT2D eigenvalue weighted by atomic mass is 16.4. The first kappa shape index (κ1) is 12.1. The van der Waals surface area contributed by atoms with Crippen molar-refractivity contribution in [3.63, 3.8) is 0 Å². The Labute approximate surface area is 102 Å². The van der Waals surface area contributed by atoms with Crippen LogP contribution in [-0.2, 0) is 11.2 Å². The minimum Gasteiger partial charge on any atom is -0.481 e. The summed E-state index contributed by atoms with van der Waals surface area (Å²) in [4.78, 5) is 16.0. The number of carboxylic acids is 1. The Morgan fingerprint density at radius 1 is 1.47 bits per heavy atom. The van der Waals surface area contributed by atoms with Crippen LogP contribution in [0.3, 0.4) is 0 Å². The van der Waals surface area contributed by atoms with E-state index >= 15 is 0 Å². The third kappa shape index (κ3) is 1.94. The second-order valence-electron chi connectivity index (χ2n) is 5.69. The van der Waals surface area contributed by atoms with Crippen LogP contribution in [0.2, 0.25) is 0 Å². The van der Waals surface area contributed by atoms with Gasteiger partial charge in [-0.15, -0.1) is 0 Å². The lowest BCUT2D eigenvalue weighted by molar-refractivity contribution is -0.142. The number of pyridine rings is 1. The summed E-state index contributed by atoms with van der Waals surface area (Å²) in [5.41, 5.74) is 3.75. The fraction of sp³-hybridized carbons (Fsp3) is 0.571. The second kappa shape index (κ2) is 3.83. The number of carbonyl (C=O) groups is 1. The van der Waals surface area contributed by atoms with Gasteiger partial charge in [-0.3, -0.25) is 9.78 Å². The van der Waals surface area contributed by atoms with Gasteiger partial charge in [0.25, 0.3) is 0 Å². The first-order valence-corrected chi connectivity index (χ1v) is 6.03. The number of carboxylic acid groups (broad SMARTS) is 1. The highest BCUT2D eigenvalue weighted by molar-refractivity contribution is 5.77. The number of nitrogens with zero attached hydrogens (tertiary/aromatic N) is 1. The van der Waals surface area contributed by atoms with Crippen LogP contribution in [0.15, 0.2) is 6.07 Å². The summed E-state index contributed by atoms with van der Waals surface area (Å²) in [5, 5.41) is 9.44. The molecule has 17 heavy (non-hydrogen) atoms. The molecular weight excluding hydrogens is 214 g/mol. The zero-order valence-electron chi connectivity index (χ0n) is 10.9. The van der Waals surface area contributed by atoms with Crippen molar-refractivity contribution in [1.82, 2.24) is 4.98 Å². The van der Waals surface area contributed by atoms with E-state index in [9.17, 15) is 9.90 Å². The molecule has 0 radical (unpaired) electrons. The summed E-state index contributed by atoms with van der Waals surface area (Å²) in [6.07, 6.45) is 1.83. The number of hydrogen-bond acceptors (Lipinski definition) is 2. The smallest absolute Gasteiger partial charge is 0.313 e. The maximum Gasteiger partial charge on any atom is 0.313 e. The third-order valence-corrected chi connectivity index (χ3v) is 3.92. The summed E-state index contributed by atoms with van der Waals surface area (Å²) >= 11 is 0. The average molecular weight is 233 g/mol. The normalized spacial score (nSPS) is 22.0. The van der Waals surface area contributed by atoms with E-state index in [1.54, 1.807) is 0 Å². The Bertz CT molecular complexity index is 477. The summed E-state index contributed by atoms with van der Waals surface area (Å²) in [5.74, 6) is -1.24. The Hall–Kier alpha value is -1.38. The molecule has 1 aliphatic rings. The topological polar surface area (TPSA) is 50.2 Å². The molecule has 0 amide bonds. The standard InChI is InChI=1S/C14H19NO2/c1-8-7-10-5-6-14(3,4)11(13(16)17)12(10)15-9(8)2/h7,11H,5-6H2,1-4H3,(H,16,17). The minimum atomic E-state index is -0.758. The molecule has 0 spiro atoms. The number of fused-ring (bicyclic) bond motifs is 1. The van der Waals surface area contributed by atoms with Gasteiger partial charge in [0, 0.05) is 5.69 Å². The van der Waals surface area contributed by atoms with Crippen molar-refractivity contribution in [3.05, 3.63) is 28.6 Å². The molecule has 0 saturated carbocycles. The van der Waals surface area contributed by atoms with Crippen molar-refractivity contribution in [2.24, 2.45) is 5.41 Å². The van der Waals surface area contributed by atoms with Gasteiger partial charge in [0.05, 0.1) is 5.69 Å². The molecule has 1 N–H and O–H groups in total. The van der Waals surface area contributed by atoms with Crippen LogP contribution in [-0.4, -0.2) is 16.1 Å². The lowest BCUT2D eigenvalue weighted by Gasteiger charge is -2.36. The Morgan fingerprint density at radius 2 is 2.12 bits per heavy atom. The zero-order valence-corrected chi connectivity index (χ0v) is 10.9. The first-order valence-electron chi connectivity index (χ1n) is 6.03. The molecule has 92 valence electrons. The fourth-order valence-corrected chi connectivity index (χ4v) is 2.65. The van der Waals surface area contributed by atoms with Crippen molar-refractivity contribution >= 4 is 5.97 Å². The van der Waals surface area contributed by atoms with Gasteiger partial charge >= 0.3 is 5.97 Å². The van der Waals surface area contributed by atoms with Gasteiger partial charge in [0.1, 0.15) is 5.92 Å². The molecule has 3 heteroatoms. The second-order valence-corrected chi connectivity index (χ2v) is 5.69. The molecule has 2 rings (SSSR count). The molecule has 0 fully saturated rings. The summed E-state index contributed by atoms with van der Waals surface area (Å²) in [6, 6.07) is 2.10. The van der Waals surface area contributed by atoms with Crippen LogP contribution >= 0.6 is 0 Å². The molecule has 1 aromatic rings. The predicted molar refractivity (Wildman–Crippen MR) is 66.2 cm³/mol. The number of aliphatic carboxylic acids is 1. The molecule has 1 aliphatic carbocycles. The minimum absolute atomic E-state index is 0.215. The van der Waals surface area contributed by atoms with E-state index in [-0.39, 0.29) is 5.41 Å². The third-order valence-electron chi connectivity index (χ3n) is 3.92. The zero-order chi connectivity index (χ0) is 12.8. The summed E-state index contributed by atoms with van der Waals surface area (Å²) < 4.78 is 0.